The zero-order valence-electron chi connectivity index (χ0n) is 14.8. The van der Waals surface area contributed by atoms with Gasteiger partial charge in [-0.1, -0.05) is 24.3 Å². The zero-order valence-corrected chi connectivity index (χ0v) is 15.6. The summed E-state index contributed by atoms with van der Waals surface area (Å²) in [7, 11) is 3.80. The minimum atomic E-state index is -0.749. The van der Waals surface area contributed by atoms with Crippen molar-refractivity contribution in [3.63, 3.8) is 0 Å². The minimum Gasteiger partial charge on any atom is -0.490 e. The number of allylic oxidation sites excluding steroid dienone is 5. The van der Waals surface area contributed by atoms with Crippen LogP contribution in [0.1, 0.15) is 12.8 Å². The monoisotopic (exact) mass is 365 g/mol. The Hall–Kier alpha value is -1.34. The Morgan fingerprint density at radius 2 is 2.24 bits per heavy atom. The number of carbonyl (C=O) groups is 1. The number of hydrogen-bond donors (Lipinski definition) is 2. The lowest BCUT2D eigenvalue weighted by molar-refractivity contribution is -0.122. The number of Topliss-reactive ketones (excluding diaryl/α,β-unsaturated/α-hetero) is 1. The average molecular weight is 365 g/mol. The molecule has 0 saturated carbocycles. The van der Waals surface area contributed by atoms with Crippen molar-refractivity contribution < 1.29 is 19.7 Å². The Labute approximate surface area is 153 Å². The molecule has 0 aliphatic heterocycles. The van der Waals surface area contributed by atoms with Crippen LogP contribution in [0.2, 0.25) is 0 Å². The van der Waals surface area contributed by atoms with Crippen LogP contribution in [-0.4, -0.2) is 65.4 Å². The number of aliphatic hydroxyl groups excluding tert-OH is 2. The lowest BCUT2D eigenvalue weighted by Crippen LogP contribution is -2.28. The van der Waals surface area contributed by atoms with Crippen LogP contribution in [0.4, 0.5) is 0 Å². The van der Waals surface area contributed by atoms with E-state index in [0.29, 0.717) is 19.6 Å². The fourth-order valence-electron chi connectivity index (χ4n) is 2.71. The van der Waals surface area contributed by atoms with E-state index < -0.39 is 5.44 Å². The van der Waals surface area contributed by atoms with Crippen molar-refractivity contribution in [1.82, 2.24) is 4.90 Å². The third-order valence-corrected chi connectivity index (χ3v) is 5.14. The SMILES string of the molecule is CN(C)CC(=O)C1C=CC=C(COC2=CCC(SC(O)CO)C=C2)C1. The van der Waals surface area contributed by atoms with Crippen LogP contribution in [0, 0.1) is 5.92 Å². The minimum absolute atomic E-state index is 0.0670. The second-order valence-corrected chi connectivity index (χ2v) is 7.95. The number of thioether (sulfide) groups is 1. The highest BCUT2D eigenvalue weighted by Gasteiger charge is 2.20. The van der Waals surface area contributed by atoms with E-state index in [1.165, 1.54) is 11.8 Å². The molecule has 0 saturated heterocycles. The molecule has 2 aliphatic carbocycles. The van der Waals surface area contributed by atoms with E-state index in [4.69, 9.17) is 9.84 Å². The van der Waals surface area contributed by atoms with Crippen molar-refractivity contribution in [2.45, 2.75) is 23.5 Å². The molecule has 0 aromatic rings. The van der Waals surface area contributed by atoms with Crippen LogP contribution in [0.15, 0.2) is 47.8 Å². The lowest BCUT2D eigenvalue weighted by Gasteiger charge is -2.21. The van der Waals surface area contributed by atoms with Crippen LogP contribution in [0.3, 0.4) is 0 Å². The van der Waals surface area contributed by atoms with Crippen LogP contribution < -0.4 is 0 Å². The van der Waals surface area contributed by atoms with E-state index in [1.54, 1.807) is 0 Å². The molecule has 0 radical (unpaired) electrons. The third-order valence-electron chi connectivity index (χ3n) is 3.98. The number of rotatable bonds is 9. The van der Waals surface area contributed by atoms with Gasteiger partial charge in [-0.25, -0.2) is 0 Å². The number of nitrogens with zero attached hydrogens (tertiary/aromatic N) is 1. The summed E-state index contributed by atoms with van der Waals surface area (Å²) in [6.45, 7) is 0.691. The van der Waals surface area contributed by atoms with Crippen molar-refractivity contribution in [3.8, 4) is 0 Å². The molecule has 3 unspecified atom stereocenters. The van der Waals surface area contributed by atoms with Crippen LogP contribution >= 0.6 is 11.8 Å². The number of aliphatic hydroxyl groups is 2. The second-order valence-electron chi connectivity index (χ2n) is 6.53. The van der Waals surface area contributed by atoms with E-state index in [-0.39, 0.29) is 23.6 Å². The maximum atomic E-state index is 12.2. The molecule has 0 bridgehead atoms. The molecule has 5 nitrogen and oxygen atoms in total. The van der Waals surface area contributed by atoms with Crippen molar-refractivity contribution in [2.75, 3.05) is 33.9 Å². The summed E-state index contributed by atoms with van der Waals surface area (Å²) < 4.78 is 5.84. The molecule has 138 valence electrons. The van der Waals surface area contributed by atoms with Gasteiger partial charge >= 0.3 is 0 Å². The van der Waals surface area contributed by atoms with E-state index in [1.807, 2.05) is 55.5 Å². The van der Waals surface area contributed by atoms with Crippen LogP contribution in [0.5, 0.6) is 0 Å². The Balaban J connectivity index is 1.77. The molecule has 0 spiro atoms. The molecular formula is C19H27NO4S. The van der Waals surface area contributed by atoms with Gasteiger partial charge in [-0.05, 0) is 44.7 Å². The first-order valence-electron chi connectivity index (χ1n) is 8.47. The molecule has 0 fully saturated rings. The summed E-state index contributed by atoms with van der Waals surface area (Å²) in [5.41, 5.74) is 0.363. The van der Waals surface area contributed by atoms with Gasteiger partial charge in [-0.3, -0.25) is 4.79 Å². The van der Waals surface area contributed by atoms with Crippen molar-refractivity contribution in [2.24, 2.45) is 5.92 Å². The maximum Gasteiger partial charge on any atom is 0.153 e. The first-order valence-corrected chi connectivity index (χ1v) is 9.41. The van der Waals surface area contributed by atoms with Gasteiger partial charge in [0.15, 0.2) is 5.78 Å². The van der Waals surface area contributed by atoms with Crippen LogP contribution in [-0.2, 0) is 9.53 Å². The summed E-state index contributed by atoms with van der Waals surface area (Å²) in [4.78, 5) is 14.1. The largest absolute Gasteiger partial charge is 0.490 e. The van der Waals surface area contributed by atoms with Crippen molar-refractivity contribution in [1.29, 1.82) is 0 Å². The van der Waals surface area contributed by atoms with Gasteiger partial charge in [-0.15, -0.1) is 11.8 Å². The second kappa shape index (κ2) is 9.97. The number of hydrogen-bond acceptors (Lipinski definition) is 6. The van der Waals surface area contributed by atoms with Crippen LogP contribution in [0.25, 0.3) is 0 Å². The zero-order chi connectivity index (χ0) is 18.2. The van der Waals surface area contributed by atoms with Crippen molar-refractivity contribution in [3.05, 3.63) is 47.8 Å². The molecule has 3 atom stereocenters. The van der Waals surface area contributed by atoms with E-state index in [0.717, 1.165) is 17.8 Å². The Kier molecular flexibility index (Phi) is 7.96. The highest BCUT2D eigenvalue weighted by molar-refractivity contribution is 8.00. The standard InChI is InChI=1S/C19H27NO4S/c1-20(2)11-18(22)15-5-3-4-14(10-15)13-24-16-6-8-17(9-7-16)25-19(23)12-21/h3-8,15,17,19,21,23H,9-13H2,1-2H3. The fraction of sp³-hybridized carbons (Fsp3) is 0.526. The molecule has 0 aromatic heterocycles. The Bertz CT molecular complexity index is 580. The Morgan fingerprint density at radius 3 is 2.88 bits per heavy atom. The molecule has 0 heterocycles. The summed E-state index contributed by atoms with van der Waals surface area (Å²) in [6, 6.07) is 0. The first kappa shape index (κ1) is 20.0. The third kappa shape index (κ3) is 6.82. The normalized spacial score (nSPS) is 24.0. The van der Waals surface area contributed by atoms with Gasteiger partial charge in [-0.2, -0.15) is 0 Å². The van der Waals surface area contributed by atoms with E-state index >= 15 is 0 Å². The molecule has 6 heteroatoms. The number of likely N-dealkylation sites (N-methyl/N-ethyl adjacent to an activating group) is 1. The van der Waals surface area contributed by atoms with Gasteiger partial charge in [0, 0.05) is 11.2 Å². The van der Waals surface area contributed by atoms with E-state index in [2.05, 4.69) is 0 Å². The maximum absolute atomic E-state index is 12.2. The molecule has 2 rings (SSSR count). The van der Waals surface area contributed by atoms with Gasteiger partial charge in [0.1, 0.15) is 17.8 Å². The van der Waals surface area contributed by atoms with E-state index in [9.17, 15) is 9.90 Å². The average Bonchev–Trinajstić information content (AvgIpc) is 2.60. The fourth-order valence-corrected chi connectivity index (χ4v) is 3.58. The van der Waals surface area contributed by atoms with Crippen molar-refractivity contribution >= 4 is 17.5 Å². The molecule has 0 aromatic carbocycles. The number of ketones is 1. The van der Waals surface area contributed by atoms with Gasteiger partial charge in [0.2, 0.25) is 0 Å². The lowest BCUT2D eigenvalue weighted by atomic mass is 9.91. The van der Waals surface area contributed by atoms with Gasteiger partial charge < -0.3 is 19.8 Å². The smallest absolute Gasteiger partial charge is 0.153 e. The topological polar surface area (TPSA) is 70.0 Å². The Morgan fingerprint density at radius 1 is 1.44 bits per heavy atom. The highest BCUT2D eigenvalue weighted by atomic mass is 32.2. The summed E-state index contributed by atoms with van der Waals surface area (Å²) in [6.07, 6.45) is 13.3. The number of ether oxygens (including phenoxy) is 1. The predicted octanol–water partition coefficient (Wildman–Crippen LogP) is 1.89. The first-order chi connectivity index (χ1) is 12.0. The summed E-state index contributed by atoms with van der Waals surface area (Å²) >= 11 is 1.33. The molecule has 2 N–H and O–H groups in total. The van der Waals surface area contributed by atoms with Gasteiger partial charge in [0.25, 0.3) is 0 Å². The van der Waals surface area contributed by atoms with Gasteiger partial charge in [0.05, 0.1) is 13.2 Å². The molecule has 0 amide bonds. The molecule has 2 aliphatic rings. The summed E-state index contributed by atoms with van der Waals surface area (Å²) in [5, 5.41) is 18.5. The predicted molar refractivity (Wildman–Crippen MR) is 101 cm³/mol. The highest BCUT2D eigenvalue weighted by Crippen LogP contribution is 2.26. The number of carbonyl (C=O) groups excluding carboxylic acids is 1. The summed E-state index contributed by atoms with van der Waals surface area (Å²) in [5.74, 6) is 0.968. The quantitative estimate of drug-likeness (QED) is 0.608. The molecular weight excluding hydrogens is 338 g/mol. The molecule has 25 heavy (non-hydrogen) atoms.